The number of hydrogen-bond acceptors (Lipinski definition) is 4. The minimum atomic E-state index is -1.07. The van der Waals surface area contributed by atoms with E-state index in [1.165, 1.54) is 6.20 Å². The topological polar surface area (TPSA) is 75.1 Å². The maximum absolute atomic E-state index is 11.4. The third kappa shape index (κ3) is 3.35. The molecular formula is C18H15N3O2. The molecule has 2 N–H and O–H groups in total. The number of carbonyl (C=O) groups is 1. The quantitative estimate of drug-likeness (QED) is 0.764. The number of carboxylic acid groups (broad SMARTS) is 1. The van der Waals surface area contributed by atoms with Crippen LogP contribution in [0.25, 0.3) is 11.4 Å². The van der Waals surface area contributed by atoms with Gasteiger partial charge < -0.3 is 10.4 Å². The first-order valence-electron chi connectivity index (χ1n) is 7.13. The predicted molar refractivity (Wildman–Crippen MR) is 88.9 cm³/mol. The minimum absolute atomic E-state index is 0.0326. The zero-order chi connectivity index (χ0) is 16.2. The van der Waals surface area contributed by atoms with Crippen molar-refractivity contribution in [1.82, 2.24) is 9.97 Å². The average Bonchev–Trinajstić information content (AvgIpc) is 2.55. The Hall–Kier alpha value is -3.21. The number of benzene rings is 2. The van der Waals surface area contributed by atoms with Crippen LogP contribution in [0.2, 0.25) is 0 Å². The molecule has 0 saturated carbocycles. The lowest BCUT2D eigenvalue weighted by Gasteiger charge is -2.10. The first-order chi connectivity index (χ1) is 11.1. The van der Waals surface area contributed by atoms with Crippen molar-refractivity contribution in [3.8, 4) is 11.4 Å². The van der Waals surface area contributed by atoms with E-state index in [1.54, 1.807) is 0 Å². The molecular weight excluding hydrogens is 290 g/mol. The summed E-state index contributed by atoms with van der Waals surface area (Å²) in [5, 5.41) is 12.4. The normalized spacial score (nSPS) is 10.3. The highest BCUT2D eigenvalue weighted by Gasteiger charge is 2.14. The molecule has 0 aliphatic heterocycles. The molecule has 3 rings (SSSR count). The maximum Gasteiger partial charge on any atom is 0.341 e. The molecule has 0 fully saturated rings. The fourth-order valence-electron chi connectivity index (χ4n) is 2.22. The SMILES string of the molecule is Cc1cccc(-c2ncc(C(=O)O)c(Nc3ccccc3)n2)c1. The molecule has 0 spiro atoms. The first kappa shape index (κ1) is 14.7. The van der Waals surface area contributed by atoms with Crippen molar-refractivity contribution in [2.75, 3.05) is 5.32 Å². The number of nitrogens with zero attached hydrogens (tertiary/aromatic N) is 2. The largest absolute Gasteiger partial charge is 0.477 e. The molecule has 0 aliphatic carbocycles. The van der Waals surface area contributed by atoms with E-state index in [0.29, 0.717) is 5.82 Å². The van der Waals surface area contributed by atoms with Gasteiger partial charge in [0.15, 0.2) is 5.82 Å². The van der Waals surface area contributed by atoms with Crippen LogP contribution < -0.4 is 5.32 Å². The predicted octanol–water partition coefficient (Wildman–Crippen LogP) is 3.89. The van der Waals surface area contributed by atoms with Gasteiger partial charge in [-0.25, -0.2) is 14.8 Å². The van der Waals surface area contributed by atoms with E-state index in [1.807, 2.05) is 61.5 Å². The summed E-state index contributed by atoms with van der Waals surface area (Å²) in [5.41, 5.74) is 2.73. The molecule has 5 heteroatoms. The molecule has 2 aromatic carbocycles. The number of nitrogens with one attached hydrogen (secondary N) is 1. The number of anilines is 2. The Labute approximate surface area is 133 Å². The Morgan fingerprint density at radius 2 is 1.87 bits per heavy atom. The Kier molecular flexibility index (Phi) is 4.01. The standard InChI is InChI=1S/C18H15N3O2/c1-12-6-5-7-13(10-12)16-19-11-15(18(22)23)17(21-16)20-14-8-3-2-4-9-14/h2-11H,1H3,(H,22,23)(H,19,20,21). The van der Waals surface area contributed by atoms with Crippen LogP contribution in [0, 0.1) is 6.92 Å². The number of aromatic carboxylic acids is 1. The number of para-hydroxylation sites is 1. The van der Waals surface area contributed by atoms with E-state index >= 15 is 0 Å². The van der Waals surface area contributed by atoms with Crippen LogP contribution in [0.15, 0.2) is 60.8 Å². The van der Waals surface area contributed by atoms with Crippen molar-refractivity contribution in [1.29, 1.82) is 0 Å². The summed E-state index contributed by atoms with van der Waals surface area (Å²) >= 11 is 0. The van der Waals surface area contributed by atoms with Crippen LogP contribution in [-0.4, -0.2) is 21.0 Å². The highest BCUT2D eigenvalue weighted by atomic mass is 16.4. The summed E-state index contributed by atoms with van der Waals surface area (Å²) in [5.74, 6) is -0.313. The van der Waals surface area contributed by atoms with Gasteiger partial charge >= 0.3 is 5.97 Å². The van der Waals surface area contributed by atoms with E-state index in [9.17, 15) is 9.90 Å². The zero-order valence-electron chi connectivity index (χ0n) is 12.5. The Morgan fingerprint density at radius 3 is 2.57 bits per heavy atom. The summed E-state index contributed by atoms with van der Waals surface area (Å²) in [6.45, 7) is 1.98. The summed E-state index contributed by atoms with van der Waals surface area (Å²) in [4.78, 5) is 20.0. The molecule has 0 atom stereocenters. The summed E-state index contributed by atoms with van der Waals surface area (Å²) < 4.78 is 0. The second-order valence-corrected chi connectivity index (χ2v) is 5.12. The van der Waals surface area contributed by atoms with Crippen molar-refractivity contribution in [3.63, 3.8) is 0 Å². The van der Waals surface area contributed by atoms with Gasteiger partial charge in [-0.3, -0.25) is 0 Å². The van der Waals surface area contributed by atoms with Crippen LogP contribution in [0.5, 0.6) is 0 Å². The zero-order valence-corrected chi connectivity index (χ0v) is 12.5. The van der Waals surface area contributed by atoms with E-state index in [4.69, 9.17) is 0 Å². The third-order valence-corrected chi connectivity index (χ3v) is 3.33. The molecule has 0 amide bonds. The minimum Gasteiger partial charge on any atom is -0.477 e. The number of aryl methyl sites for hydroxylation is 1. The smallest absolute Gasteiger partial charge is 0.341 e. The van der Waals surface area contributed by atoms with Crippen LogP contribution in [-0.2, 0) is 0 Å². The van der Waals surface area contributed by atoms with Gasteiger partial charge in [0.2, 0.25) is 0 Å². The molecule has 0 bridgehead atoms. The molecule has 114 valence electrons. The van der Waals surface area contributed by atoms with Crippen LogP contribution in [0.4, 0.5) is 11.5 Å². The Balaban J connectivity index is 2.04. The third-order valence-electron chi connectivity index (χ3n) is 3.33. The maximum atomic E-state index is 11.4. The molecule has 5 nitrogen and oxygen atoms in total. The molecule has 0 aliphatic rings. The van der Waals surface area contributed by atoms with E-state index in [2.05, 4.69) is 15.3 Å². The molecule has 0 unspecified atom stereocenters. The molecule has 0 saturated heterocycles. The number of aromatic nitrogens is 2. The van der Waals surface area contributed by atoms with Crippen LogP contribution in [0.3, 0.4) is 0 Å². The Morgan fingerprint density at radius 1 is 1.09 bits per heavy atom. The van der Waals surface area contributed by atoms with E-state index in [-0.39, 0.29) is 11.4 Å². The van der Waals surface area contributed by atoms with Gasteiger partial charge in [0, 0.05) is 17.4 Å². The van der Waals surface area contributed by atoms with Crippen molar-refractivity contribution >= 4 is 17.5 Å². The lowest BCUT2D eigenvalue weighted by molar-refractivity contribution is 0.0697. The van der Waals surface area contributed by atoms with Gasteiger partial charge in [0.05, 0.1) is 0 Å². The van der Waals surface area contributed by atoms with Gasteiger partial charge in [0.25, 0.3) is 0 Å². The van der Waals surface area contributed by atoms with Crippen molar-refractivity contribution in [2.24, 2.45) is 0 Å². The Bertz CT molecular complexity index is 848. The molecule has 1 aromatic heterocycles. The monoisotopic (exact) mass is 305 g/mol. The van der Waals surface area contributed by atoms with Gasteiger partial charge in [-0.05, 0) is 25.1 Å². The second-order valence-electron chi connectivity index (χ2n) is 5.12. The summed E-state index contributed by atoms with van der Waals surface area (Å²) in [6.07, 6.45) is 1.33. The fraction of sp³-hybridized carbons (Fsp3) is 0.0556. The van der Waals surface area contributed by atoms with Gasteiger partial charge in [0.1, 0.15) is 11.4 Å². The van der Waals surface area contributed by atoms with Gasteiger partial charge in [-0.15, -0.1) is 0 Å². The van der Waals surface area contributed by atoms with Gasteiger partial charge in [-0.2, -0.15) is 0 Å². The number of rotatable bonds is 4. The average molecular weight is 305 g/mol. The second kappa shape index (κ2) is 6.27. The van der Waals surface area contributed by atoms with E-state index < -0.39 is 5.97 Å². The van der Waals surface area contributed by atoms with Crippen molar-refractivity contribution in [2.45, 2.75) is 6.92 Å². The first-order valence-corrected chi connectivity index (χ1v) is 7.13. The summed E-state index contributed by atoms with van der Waals surface area (Å²) in [7, 11) is 0. The van der Waals surface area contributed by atoms with Crippen molar-refractivity contribution in [3.05, 3.63) is 71.9 Å². The number of hydrogen-bond donors (Lipinski definition) is 2. The van der Waals surface area contributed by atoms with E-state index in [0.717, 1.165) is 16.8 Å². The summed E-state index contributed by atoms with van der Waals surface area (Å²) in [6, 6.07) is 17.1. The number of carboxylic acids is 1. The highest BCUT2D eigenvalue weighted by molar-refractivity contribution is 5.94. The molecule has 0 radical (unpaired) electrons. The highest BCUT2D eigenvalue weighted by Crippen LogP contribution is 2.23. The van der Waals surface area contributed by atoms with Crippen LogP contribution >= 0.6 is 0 Å². The molecule has 23 heavy (non-hydrogen) atoms. The van der Waals surface area contributed by atoms with Gasteiger partial charge in [-0.1, -0.05) is 42.0 Å². The molecule has 1 heterocycles. The van der Waals surface area contributed by atoms with Crippen molar-refractivity contribution < 1.29 is 9.90 Å². The van der Waals surface area contributed by atoms with Crippen LogP contribution in [0.1, 0.15) is 15.9 Å². The molecule has 3 aromatic rings. The lowest BCUT2D eigenvalue weighted by Crippen LogP contribution is -2.07. The fourth-order valence-corrected chi connectivity index (χ4v) is 2.22. The lowest BCUT2D eigenvalue weighted by atomic mass is 10.1.